The van der Waals surface area contributed by atoms with Gasteiger partial charge in [0.2, 0.25) is 0 Å². The Bertz CT molecular complexity index is 918. The number of H-pyrrole nitrogens is 1. The first-order valence-electron chi connectivity index (χ1n) is 7.91. The number of hydrogen-bond acceptors (Lipinski definition) is 4. The predicted molar refractivity (Wildman–Crippen MR) is 89.6 cm³/mol. The molecule has 0 aliphatic carbocycles. The Labute approximate surface area is 141 Å². The maximum absolute atomic E-state index is 13.0. The number of fused-ring (bicyclic) bond motifs is 2. The van der Waals surface area contributed by atoms with Gasteiger partial charge in [-0.3, -0.25) is 0 Å². The molecule has 0 spiro atoms. The summed E-state index contributed by atoms with van der Waals surface area (Å²) in [4.78, 5) is 12.6. The molecule has 4 rings (SSSR count). The normalized spacial score (nSPS) is 17.6. The van der Waals surface area contributed by atoms with Crippen LogP contribution in [0, 0.1) is 0 Å². The Kier molecular flexibility index (Phi) is 3.55. The monoisotopic (exact) mass is 347 g/mol. The smallest absolute Gasteiger partial charge is 0.374 e. The van der Waals surface area contributed by atoms with Gasteiger partial charge in [-0.15, -0.1) is 0 Å². The second kappa shape index (κ2) is 5.65. The molecule has 0 saturated carbocycles. The summed E-state index contributed by atoms with van der Waals surface area (Å²) in [6.45, 7) is 0.851. The molecule has 1 aliphatic heterocycles. The average molecular weight is 347 g/mol. The van der Waals surface area contributed by atoms with Crippen molar-refractivity contribution in [3.8, 4) is 0 Å². The van der Waals surface area contributed by atoms with Crippen molar-refractivity contribution in [2.45, 2.75) is 18.6 Å². The fourth-order valence-electron chi connectivity index (χ4n) is 3.25. The Morgan fingerprint density at radius 1 is 1.24 bits per heavy atom. The predicted octanol–water partition coefficient (Wildman–Crippen LogP) is 3.97. The summed E-state index contributed by atoms with van der Waals surface area (Å²) in [5, 5.41) is 3.64. The number of benzene rings is 1. The van der Waals surface area contributed by atoms with Gasteiger partial charge >= 0.3 is 6.18 Å². The number of aromatic nitrogens is 3. The van der Waals surface area contributed by atoms with Gasteiger partial charge in [0, 0.05) is 19.3 Å². The number of nitrogens with zero attached hydrogens (tertiary/aromatic N) is 3. The number of alkyl halides is 3. The second-order valence-corrected chi connectivity index (χ2v) is 6.13. The average Bonchev–Trinajstić information content (AvgIpc) is 3.03. The summed E-state index contributed by atoms with van der Waals surface area (Å²) in [6, 6.07) is 9.03. The Morgan fingerprint density at radius 3 is 2.84 bits per heavy atom. The van der Waals surface area contributed by atoms with Crippen LogP contribution in [0.3, 0.4) is 0 Å². The van der Waals surface area contributed by atoms with Crippen molar-refractivity contribution in [3.63, 3.8) is 0 Å². The number of aromatic amines is 1. The van der Waals surface area contributed by atoms with Crippen molar-refractivity contribution >= 4 is 22.5 Å². The Balaban J connectivity index is 1.72. The van der Waals surface area contributed by atoms with E-state index in [0.717, 1.165) is 30.3 Å². The van der Waals surface area contributed by atoms with E-state index in [9.17, 15) is 13.2 Å². The van der Waals surface area contributed by atoms with Crippen LogP contribution in [0.25, 0.3) is 11.0 Å². The molecular formula is C17H16F3N5. The maximum atomic E-state index is 13.0. The number of hydrogen-bond donors (Lipinski definition) is 2. The van der Waals surface area contributed by atoms with Crippen LogP contribution in [0.2, 0.25) is 0 Å². The van der Waals surface area contributed by atoms with Crippen molar-refractivity contribution in [1.82, 2.24) is 15.0 Å². The highest BCUT2D eigenvalue weighted by molar-refractivity contribution is 5.88. The van der Waals surface area contributed by atoms with E-state index >= 15 is 0 Å². The molecule has 3 aromatic rings. The van der Waals surface area contributed by atoms with Crippen LogP contribution in [-0.4, -0.2) is 28.5 Å². The van der Waals surface area contributed by atoms with Gasteiger partial charge in [0.25, 0.3) is 0 Å². The van der Waals surface area contributed by atoms with E-state index < -0.39 is 11.9 Å². The highest BCUT2D eigenvalue weighted by Crippen LogP contribution is 2.37. The lowest BCUT2D eigenvalue weighted by atomic mass is 9.96. The fraction of sp³-hybridized carbons (Fsp3) is 0.294. The van der Waals surface area contributed by atoms with E-state index in [1.54, 1.807) is 0 Å². The molecule has 1 aliphatic rings. The molecule has 0 saturated heterocycles. The van der Waals surface area contributed by atoms with Gasteiger partial charge in [0.1, 0.15) is 23.5 Å². The molecule has 25 heavy (non-hydrogen) atoms. The standard InChI is InChI=1S/C17H16F3N5/c1-25-7-6-12(10-4-2-3-5-13(10)25)23-15-11-8-14(17(18,19)20)24-16(11)22-9-21-15/h2-5,8-9,12H,6-7H2,1H3,(H2,21,22,23,24). The quantitative estimate of drug-likeness (QED) is 0.736. The van der Waals surface area contributed by atoms with Crippen molar-refractivity contribution in [3.05, 3.63) is 47.9 Å². The lowest BCUT2D eigenvalue weighted by molar-refractivity contribution is -0.140. The third kappa shape index (κ3) is 2.77. The second-order valence-electron chi connectivity index (χ2n) is 6.13. The van der Waals surface area contributed by atoms with Crippen molar-refractivity contribution in [2.24, 2.45) is 0 Å². The largest absolute Gasteiger partial charge is 0.431 e. The summed E-state index contributed by atoms with van der Waals surface area (Å²) in [6.07, 6.45) is -2.35. The summed E-state index contributed by atoms with van der Waals surface area (Å²) in [5.74, 6) is 0.404. The van der Waals surface area contributed by atoms with Crippen LogP contribution in [0.5, 0.6) is 0 Å². The van der Waals surface area contributed by atoms with Gasteiger partial charge in [0.05, 0.1) is 11.4 Å². The minimum atomic E-state index is -4.45. The van der Waals surface area contributed by atoms with E-state index in [0.29, 0.717) is 11.2 Å². The van der Waals surface area contributed by atoms with Crippen LogP contribution in [0.1, 0.15) is 23.7 Å². The van der Waals surface area contributed by atoms with Crippen LogP contribution in [-0.2, 0) is 6.18 Å². The molecule has 8 heteroatoms. The molecule has 2 aromatic heterocycles. The molecule has 0 fully saturated rings. The van der Waals surface area contributed by atoms with Gasteiger partial charge in [-0.05, 0) is 24.1 Å². The Hall–Kier alpha value is -2.77. The lowest BCUT2D eigenvalue weighted by Crippen LogP contribution is -2.30. The Morgan fingerprint density at radius 2 is 2.04 bits per heavy atom. The number of rotatable bonds is 2. The van der Waals surface area contributed by atoms with Crippen LogP contribution >= 0.6 is 0 Å². The molecular weight excluding hydrogens is 331 g/mol. The molecule has 2 N–H and O–H groups in total. The molecule has 0 bridgehead atoms. The minimum absolute atomic E-state index is 0.0188. The maximum Gasteiger partial charge on any atom is 0.431 e. The van der Waals surface area contributed by atoms with Crippen molar-refractivity contribution in [1.29, 1.82) is 0 Å². The van der Waals surface area contributed by atoms with Gasteiger partial charge in [-0.25, -0.2) is 9.97 Å². The van der Waals surface area contributed by atoms with Crippen molar-refractivity contribution < 1.29 is 13.2 Å². The van der Waals surface area contributed by atoms with Gasteiger partial charge in [-0.2, -0.15) is 13.2 Å². The van der Waals surface area contributed by atoms with Gasteiger partial charge < -0.3 is 15.2 Å². The van der Waals surface area contributed by atoms with E-state index in [1.165, 1.54) is 6.33 Å². The van der Waals surface area contributed by atoms with E-state index in [4.69, 9.17) is 0 Å². The highest BCUT2D eigenvalue weighted by Gasteiger charge is 2.33. The summed E-state index contributed by atoms with van der Waals surface area (Å²) < 4.78 is 38.9. The molecule has 0 amide bonds. The summed E-state index contributed by atoms with van der Waals surface area (Å²) in [5.41, 5.74) is 1.57. The molecule has 1 aromatic carbocycles. The zero-order valence-electron chi connectivity index (χ0n) is 13.4. The van der Waals surface area contributed by atoms with E-state index in [-0.39, 0.29) is 11.7 Å². The van der Waals surface area contributed by atoms with Gasteiger partial charge in [0.15, 0.2) is 0 Å². The van der Waals surface area contributed by atoms with Gasteiger partial charge in [-0.1, -0.05) is 18.2 Å². The molecule has 3 heterocycles. The van der Waals surface area contributed by atoms with E-state index in [2.05, 4.69) is 25.2 Å². The third-order valence-electron chi connectivity index (χ3n) is 4.52. The molecule has 0 radical (unpaired) electrons. The number of nitrogens with one attached hydrogen (secondary N) is 2. The van der Waals surface area contributed by atoms with Crippen LogP contribution in [0.4, 0.5) is 24.7 Å². The van der Waals surface area contributed by atoms with Crippen molar-refractivity contribution in [2.75, 3.05) is 23.8 Å². The SMILES string of the molecule is CN1CCC(Nc2ncnc3[nH]c(C(F)(F)F)cc23)c2ccccc21. The van der Waals surface area contributed by atoms with E-state index in [1.807, 2.05) is 31.3 Å². The number of anilines is 2. The zero-order valence-corrected chi connectivity index (χ0v) is 13.4. The molecule has 5 nitrogen and oxygen atoms in total. The third-order valence-corrected chi connectivity index (χ3v) is 4.52. The summed E-state index contributed by atoms with van der Waals surface area (Å²) >= 11 is 0. The minimum Gasteiger partial charge on any atom is -0.374 e. The molecule has 130 valence electrons. The van der Waals surface area contributed by atoms with Crippen LogP contribution in [0.15, 0.2) is 36.7 Å². The first kappa shape index (κ1) is 15.7. The number of halogens is 3. The zero-order chi connectivity index (χ0) is 17.6. The lowest BCUT2D eigenvalue weighted by Gasteiger charge is -2.33. The molecule has 1 unspecified atom stereocenters. The number of para-hydroxylation sites is 1. The van der Waals surface area contributed by atoms with Crippen LogP contribution < -0.4 is 10.2 Å². The fourth-order valence-corrected chi connectivity index (χ4v) is 3.25. The topological polar surface area (TPSA) is 56.8 Å². The first-order chi connectivity index (χ1) is 11.9. The summed E-state index contributed by atoms with van der Waals surface area (Å²) in [7, 11) is 2.03. The first-order valence-corrected chi connectivity index (χ1v) is 7.91. The molecule has 1 atom stereocenters. The highest BCUT2D eigenvalue weighted by atomic mass is 19.4.